The number of hydrogen-bond donors (Lipinski definition) is 1. The summed E-state index contributed by atoms with van der Waals surface area (Å²) in [5.41, 5.74) is 0. The first kappa shape index (κ1) is 8.97. The van der Waals surface area contributed by atoms with Crippen LogP contribution in [0, 0.1) is 0 Å². The van der Waals surface area contributed by atoms with Gasteiger partial charge in [0.25, 0.3) is 0 Å². The summed E-state index contributed by atoms with van der Waals surface area (Å²) in [6.45, 7) is 5.22. The fraction of sp³-hybridized carbons (Fsp3) is 1.00. The lowest BCUT2D eigenvalue weighted by Crippen LogP contribution is -2.27. The van der Waals surface area contributed by atoms with Gasteiger partial charge in [0, 0.05) is 32.8 Å². The quantitative estimate of drug-likeness (QED) is 0.633. The summed E-state index contributed by atoms with van der Waals surface area (Å²) in [5, 5.41) is 8.61. The van der Waals surface area contributed by atoms with E-state index in [1.807, 2.05) is 0 Å². The van der Waals surface area contributed by atoms with Crippen molar-refractivity contribution in [3.05, 3.63) is 0 Å². The van der Waals surface area contributed by atoms with Crippen molar-refractivity contribution in [2.75, 3.05) is 39.5 Å². The molecule has 0 unspecified atom stereocenters. The lowest BCUT2D eigenvalue weighted by Gasteiger charge is -2.17. The summed E-state index contributed by atoms with van der Waals surface area (Å²) >= 11 is 0. The molecule has 11 heavy (non-hydrogen) atoms. The Morgan fingerprint density at radius 1 is 1.27 bits per heavy atom. The van der Waals surface area contributed by atoms with Crippen LogP contribution in [0.2, 0.25) is 0 Å². The highest BCUT2D eigenvalue weighted by atomic mass is 16.5. The van der Waals surface area contributed by atoms with Crippen LogP contribution in [-0.4, -0.2) is 49.5 Å². The van der Waals surface area contributed by atoms with Crippen LogP contribution >= 0.6 is 0 Å². The summed E-state index contributed by atoms with van der Waals surface area (Å²) in [5.74, 6) is 0. The van der Waals surface area contributed by atoms with E-state index in [4.69, 9.17) is 9.84 Å². The third kappa shape index (κ3) is 3.70. The Kier molecular flexibility index (Phi) is 4.50. The summed E-state index contributed by atoms with van der Waals surface area (Å²) < 4.78 is 5.30. The van der Waals surface area contributed by atoms with E-state index in [0.29, 0.717) is 6.61 Å². The Hall–Kier alpha value is -0.120. The van der Waals surface area contributed by atoms with Crippen molar-refractivity contribution in [1.29, 1.82) is 0 Å². The highest BCUT2D eigenvalue weighted by Crippen LogP contribution is 1.99. The zero-order valence-electron chi connectivity index (χ0n) is 6.96. The number of rotatable bonds is 3. The van der Waals surface area contributed by atoms with E-state index in [2.05, 4.69) is 4.90 Å². The van der Waals surface area contributed by atoms with Gasteiger partial charge in [-0.3, -0.25) is 0 Å². The van der Waals surface area contributed by atoms with Crippen LogP contribution in [0.25, 0.3) is 0 Å². The second-order valence-corrected chi connectivity index (χ2v) is 2.88. The first-order valence-corrected chi connectivity index (χ1v) is 4.34. The zero-order chi connectivity index (χ0) is 7.94. The van der Waals surface area contributed by atoms with Crippen LogP contribution in [0.5, 0.6) is 0 Å². The molecule has 1 heterocycles. The maximum absolute atomic E-state index is 8.61. The van der Waals surface area contributed by atoms with Crippen molar-refractivity contribution in [1.82, 2.24) is 4.90 Å². The van der Waals surface area contributed by atoms with Gasteiger partial charge in [0.2, 0.25) is 0 Å². The van der Waals surface area contributed by atoms with Crippen LogP contribution in [0.4, 0.5) is 0 Å². The van der Waals surface area contributed by atoms with Crippen molar-refractivity contribution >= 4 is 0 Å². The number of nitrogens with zero attached hydrogens (tertiary/aromatic N) is 1. The molecule has 1 saturated heterocycles. The van der Waals surface area contributed by atoms with Crippen molar-refractivity contribution in [3.8, 4) is 0 Å². The lowest BCUT2D eigenvalue weighted by molar-refractivity contribution is 0.139. The van der Waals surface area contributed by atoms with E-state index < -0.39 is 0 Å². The van der Waals surface area contributed by atoms with Crippen LogP contribution in [0.3, 0.4) is 0 Å². The minimum atomic E-state index is 0.303. The minimum absolute atomic E-state index is 0.303. The van der Waals surface area contributed by atoms with Gasteiger partial charge in [0.15, 0.2) is 0 Å². The van der Waals surface area contributed by atoms with Crippen LogP contribution in [0.15, 0.2) is 0 Å². The Morgan fingerprint density at radius 3 is 3.00 bits per heavy atom. The standard InChI is InChI=1S/C8H17NO2/c10-6-1-3-9-4-2-7-11-8-5-9/h10H,1-8H2. The van der Waals surface area contributed by atoms with Gasteiger partial charge in [-0.15, -0.1) is 0 Å². The van der Waals surface area contributed by atoms with Gasteiger partial charge in [-0.25, -0.2) is 0 Å². The van der Waals surface area contributed by atoms with Gasteiger partial charge < -0.3 is 14.7 Å². The van der Waals surface area contributed by atoms with Gasteiger partial charge in [0.05, 0.1) is 6.61 Å². The van der Waals surface area contributed by atoms with Crippen LogP contribution in [0.1, 0.15) is 12.8 Å². The molecule has 1 aliphatic rings. The molecule has 0 aliphatic carbocycles. The van der Waals surface area contributed by atoms with Gasteiger partial charge in [-0.05, 0) is 12.8 Å². The molecule has 1 aliphatic heterocycles. The van der Waals surface area contributed by atoms with E-state index in [9.17, 15) is 0 Å². The second kappa shape index (κ2) is 5.52. The third-order valence-electron chi connectivity index (χ3n) is 1.95. The predicted molar refractivity (Wildman–Crippen MR) is 43.6 cm³/mol. The molecule has 3 heteroatoms. The molecule has 3 nitrogen and oxygen atoms in total. The third-order valence-corrected chi connectivity index (χ3v) is 1.95. The topological polar surface area (TPSA) is 32.7 Å². The minimum Gasteiger partial charge on any atom is -0.396 e. The molecule has 0 amide bonds. The number of aliphatic hydroxyl groups is 1. The normalized spacial score (nSPS) is 21.5. The molecule has 0 aromatic heterocycles. The van der Waals surface area contributed by atoms with Gasteiger partial charge >= 0.3 is 0 Å². The summed E-state index contributed by atoms with van der Waals surface area (Å²) in [6, 6.07) is 0. The van der Waals surface area contributed by atoms with Crippen molar-refractivity contribution < 1.29 is 9.84 Å². The van der Waals surface area contributed by atoms with E-state index >= 15 is 0 Å². The first-order valence-electron chi connectivity index (χ1n) is 4.34. The molecule has 0 radical (unpaired) electrons. The summed E-state index contributed by atoms with van der Waals surface area (Å²) in [7, 11) is 0. The molecular formula is C8H17NO2. The zero-order valence-corrected chi connectivity index (χ0v) is 6.96. The van der Waals surface area contributed by atoms with E-state index in [1.54, 1.807) is 0 Å². The molecule has 66 valence electrons. The van der Waals surface area contributed by atoms with Crippen molar-refractivity contribution in [2.45, 2.75) is 12.8 Å². The molecule has 0 aromatic carbocycles. The molecule has 1 rings (SSSR count). The Labute approximate surface area is 68.0 Å². The number of hydrogen-bond acceptors (Lipinski definition) is 3. The Balaban J connectivity index is 2.09. The largest absolute Gasteiger partial charge is 0.396 e. The summed E-state index contributed by atoms with van der Waals surface area (Å²) in [6.07, 6.45) is 2.02. The van der Waals surface area contributed by atoms with Gasteiger partial charge in [0.1, 0.15) is 0 Å². The molecule has 0 bridgehead atoms. The molecule has 0 spiro atoms. The average Bonchev–Trinajstić information content (AvgIpc) is 2.28. The van der Waals surface area contributed by atoms with E-state index in [-0.39, 0.29) is 0 Å². The highest BCUT2D eigenvalue weighted by Gasteiger charge is 2.07. The smallest absolute Gasteiger partial charge is 0.0593 e. The predicted octanol–water partition coefficient (Wildman–Crippen LogP) is 0.0911. The van der Waals surface area contributed by atoms with Crippen molar-refractivity contribution in [3.63, 3.8) is 0 Å². The fourth-order valence-corrected chi connectivity index (χ4v) is 1.32. The maximum atomic E-state index is 8.61. The van der Waals surface area contributed by atoms with Crippen molar-refractivity contribution in [2.24, 2.45) is 0 Å². The highest BCUT2D eigenvalue weighted by molar-refractivity contribution is 4.60. The second-order valence-electron chi connectivity index (χ2n) is 2.88. The number of ether oxygens (including phenoxy) is 1. The summed E-state index contributed by atoms with van der Waals surface area (Å²) in [4.78, 5) is 2.35. The van der Waals surface area contributed by atoms with E-state index in [1.165, 1.54) is 0 Å². The van der Waals surface area contributed by atoms with Gasteiger partial charge in [-0.2, -0.15) is 0 Å². The molecule has 0 atom stereocenters. The molecule has 0 aromatic rings. The lowest BCUT2D eigenvalue weighted by atomic mass is 10.3. The van der Waals surface area contributed by atoms with E-state index in [0.717, 1.165) is 45.7 Å². The SMILES string of the molecule is OCCCN1CCCOCC1. The van der Waals surface area contributed by atoms with Crippen LogP contribution < -0.4 is 0 Å². The molecule has 0 saturated carbocycles. The Morgan fingerprint density at radius 2 is 2.18 bits per heavy atom. The monoisotopic (exact) mass is 159 g/mol. The average molecular weight is 159 g/mol. The molecule has 1 fully saturated rings. The fourth-order valence-electron chi connectivity index (χ4n) is 1.32. The molecular weight excluding hydrogens is 142 g/mol. The molecule has 1 N–H and O–H groups in total. The maximum Gasteiger partial charge on any atom is 0.0593 e. The first-order chi connectivity index (χ1) is 5.43. The number of aliphatic hydroxyl groups excluding tert-OH is 1. The van der Waals surface area contributed by atoms with Crippen LogP contribution in [-0.2, 0) is 4.74 Å². The van der Waals surface area contributed by atoms with Gasteiger partial charge in [-0.1, -0.05) is 0 Å². The Bertz CT molecular complexity index is 90.1.